The molecule has 1 aromatic heterocycles. The average molecular weight is 425 g/mol. The fourth-order valence-corrected chi connectivity index (χ4v) is 3.55. The van der Waals surface area contributed by atoms with Crippen LogP contribution in [0.1, 0.15) is 76.8 Å². The van der Waals surface area contributed by atoms with E-state index in [1.165, 1.54) is 12.1 Å². The molecule has 1 heterocycles. The second-order valence-electron chi connectivity index (χ2n) is 7.78. The van der Waals surface area contributed by atoms with Gasteiger partial charge in [0.1, 0.15) is 11.6 Å². The highest BCUT2D eigenvalue weighted by Crippen LogP contribution is 2.27. The predicted molar refractivity (Wildman–Crippen MR) is 127 cm³/mol. The van der Waals surface area contributed by atoms with Crippen LogP contribution in [0, 0.1) is 5.82 Å². The Morgan fingerprint density at radius 2 is 1.90 bits per heavy atom. The number of halogens is 2. The normalized spacial score (nSPS) is 12.6. The quantitative estimate of drug-likeness (QED) is 0.268. The highest BCUT2D eigenvalue weighted by atomic mass is 19.1. The molecule has 1 aromatic carbocycles. The molecule has 2 aromatic rings. The van der Waals surface area contributed by atoms with Crippen LogP contribution in [0.5, 0.6) is 0 Å². The van der Waals surface area contributed by atoms with Crippen LogP contribution in [0.25, 0.3) is 17.3 Å². The van der Waals surface area contributed by atoms with Crippen molar-refractivity contribution in [2.45, 2.75) is 72.6 Å². The lowest BCUT2D eigenvalue weighted by molar-refractivity contribution is 0.625. The summed E-state index contributed by atoms with van der Waals surface area (Å²) in [6, 6.07) is 4.97. The Kier molecular flexibility index (Phi) is 9.77. The van der Waals surface area contributed by atoms with E-state index in [-0.39, 0.29) is 11.6 Å². The van der Waals surface area contributed by atoms with Gasteiger partial charge < -0.3 is 0 Å². The van der Waals surface area contributed by atoms with Crippen LogP contribution in [0.15, 0.2) is 54.0 Å². The zero-order valence-corrected chi connectivity index (χ0v) is 19.3. The van der Waals surface area contributed by atoms with Gasteiger partial charge in [0, 0.05) is 23.7 Å². The zero-order chi connectivity index (χ0) is 22.8. The van der Waals surface area contributed by atoms with Gasteiger partial charge >= 0.3 is 0 Å². The Labute approximate surface area is 185 Å². The van der Waals surface area contributed by atoms with Crippen LogP contribution in [-0.4, -0.2) is 9.97 Å². The summed E-state index contributed by atoms with van der Waals surface area (Å²) in [5, 5.41) is 0. The first-order valence-corrected chi connectivity index (χ1v) is 11.3. The van der Waals surface area contributed by atoms with Crippen molar-refractivity contribution < 1.29 is 8.78 Å². The van der Waals surface area contributed by atoms with E-state index >= 15 is 0 Å². The Morgan fingerprint density at radius 1 is 1.13 bits per heavy atom. The Balaban J connectivity index is 2.45. The summed E-state index contributed by atoms with van der Waals surface area (Å²) < 4.78 is 29.3. The maximum atomic E-state index is 14.9. The molecule has 2 nitrogen and oxygen atoms in total. The lowest BCUT2D eigenvalue weighted by Gasteiger charge is -2.11. The second-order valence-corrected chi connectivity index (χ2v) is 7.78. The average Bonchev–Trinajstić information content (AvgIpc) is 2.78. The van der Waals surface area contributed by atoms with E-state index in [9.17, 15) is 8.78 Å². The molecule has 0 saturated carbocycles. The van der Waals surface area contributed by atoms with Gasteiger partial charge in [0.05, 0.1) is 17.1 Å². The number of nitrogens with zero attached hydrogens (tertiary/aromatic N) is 2. The number of hydrogen-bond acceptors (Lipinski definition) is 2. The van der Waals surface area contributed by atoms with E-state index < -0.39 is 0 Å². The van der Waals surface area contributed by atoms with Gasteiger partial charge in [-0.15, -0.1) is 0 Å². The molecule has 0 amide bonds. The summed E-state index contributed by atoms with van der Waals surface area (Å²) in [6.07, 6.45) is 10.7. The standard InChI is InChI=1S/C27H34F2N2/c1-6-10-11-12-22-18-30-26(16-15-24(28)23(9-4)19(5)7-2)27(31-22)21-14-13-20(8-3)25(29)17-21/h8,13-15,17-18H,3,6-7,9-12,16H2,1-2,4-5H3/b23-19-,24-15+. The first kappa shape index (κ1) is 24.6. The molecule has 0 saturated heterocycles. The summed E-state index contributed by atoms with van der Waals surface area (Å²) >= 11 is 0. The first-order valence-electron chi connectivity index (χ1n) is 11.3. The third-order valence-corrected chi connectivity index (χ3v) is 5.59. The van der Waals surface area contributed by atoms with Crippen molar-refractivity contribution in [1.29, 1.82) is 0 Å². The lowest BCUT2D eigenvalue weighted by atomic mass is 10.0. The first-order chi connectivity index (χ1) is 14.9. The van der Waals surface area contributed by atoms with Crippen molar-refractivity contribution in [3.63, 3.8) is 0 Å². The Bertz CT molecular complexity index is 958. The molecule has 0 bridgehead atoms. The molecular weight excluding hydrogens is 390 g/mol. The Hall–Kier alpha value is -2.62. The lowest BCUT2D eigenvalue weighted by Crippen LogP contribution is -2.02. The number of unbranched alkanes of at least 4 members (excludes halogenated alkanes) is 2. The predicted octanol–water partition coefficient (Wildman–Crippen LogP) is 8.19. The van der Waals surface area contributed by atoms with E-state index in [1.54, 1.807) is 18.3 Å². The molecule has 0 radical (unpaired) electrons. The van der Waals surface area contributed by atoms with Crippen LogP contribution >= 0.6 is 0 Å². The van der Waals surface area contributed by atoms with Gasteiger partial charge in [-0.1, -0.05) is 64.0 Å². The van der Waals surface area contributed by atoms with E-state index in [2.05, 4.69) is 18.5 Å². The monoisotopic (exact) mass is 424 g/mol. The summed E-state index contributed by atoms with van der Waals surface area (Å²) in [7, 11) is 0. The van der Waals surface area contributed by atoms with E-state index in [0.29, 0.717) is 35.4 Å². The molecule has 0 fully saturated rings. The van der Waals surface area contributed by atoms with Gasteiger partial charge in [0.15, 0.2) is 0 Å². The molecule has 0 atom stereocenters. The zero-order valence-electron chi connectivity index (χ0n) is 19.3. The van der Waals surface area contributed by atoms with Gasteiger partial charge in [0.25, 0.3) is 0 Å². The van der Waals surface area contributed by atoms with E-state index in [0.717, 1.165) is 48.9 Å². The third kappa shape index (κ3) is 6.68. The minimum atomic E-state index is -0.354. The van der Waals surface area contributed by atoms with Gasteiger partial charge in [-0.3, -0.25) is 4.98 Å². The fourth-order valence-electron chi connectivity index (χ4n) is 3.55. The topological polar surface area (TPSA) is 25.8 Å². The van der Waals surface area contributed by atoms with Crippen molar-refractivity contribution in [2.75, 3.05) is 0 Å². The van der Waals surface area contributed by atoms with E-state index in [4.69, 9.17) is 4.98 Å². The third-order valence-electron chi connectivity index (χ3n) is 5.59. The van der Waals surface area contributed by atoms with Crippen molar-refractivity contribution in [3.8, 4) is 11.3 Å². The number of allylic oxidation sites excluding steroid dienone is 4. The van der Waals surface area contributed by atoms with Gasteiger partial charge in [-0.05, 0) is 50.3 Å². The SMILES string of the molecule is C=Cc1ccc(-c2nc(CCCCC)cnc2C/C=C(F)\C(CC)=C(\C)CC)cc1F. The summed E-state index contributed by atoms with van der Waals surface area (Å²) in [5.41, 5.74) is 5.02. The molecule has 2 rings (SSSR count). The number of rotatable bonds is 11. The maximum absolute atomic E-state index is 14.9. The fraction of sp³-hybridized carbons (Fsp3) is 0.407. The molecule has 0 N–H and O–H groups in total. The van der Waals surface area contributed by atoms with Crippen LogP contribution in [-0.2, 0) is 12.8 Å². The highest BCUT2D eigenvalue weighted by molar-refractivity contribution is 5.65. The second kappa shape index (κ2) is 12.3. The van der Waals surface area contributed by atoms with Crippen LogP contribution in [0.3, 0.4) is 0 Å². The van der Waals surface area contributed by atoms with Crippen LogP contribution < -0.4 is 0 Å². The molecule has 0 spiro atoms. The molecule has 31 heavy (non-hydrogen) atoms. The highest BCUT2D eigenvalue weighted by Gasteiger charge is 2.13. The van der Waals surface area contributed by atoms with Crippen molar-refractivity contribution in [3.05, 3.63) is 76.8 Å². The molecule has 0 unspecified atom stereocenters. The number of hydrogen-bond donors (Lipinski definition) is 0. The molecule has 0 aliphatic carbocycles. The van der Waals surface area contributed by atoms with E-state index in [1.807, 2.05) is 26.8 Å². The van der Waals surface area contributed by atoms with Gasteiger partial charge in [-0.25, -0.2) is 13.8 Å². The smallest absolute Gasteiger partial charge is 0.131 e. The molecule has 0 aliphatic heterocycles. The van der Waals surface area contributed by atoms with Crippen molar-refractivity contribution in [2.24, 2.45) is 0 Å². The summed E-state index contributed by atoms with van der Waals surface area (Å²) in [6.45, 7) is 11.8. The Morgan fingerprint density at radius 3 is 2.52 bits per heavy atom. The summed E-state index contributed by atoms with van der Waals surface area (Å²) in [5.74, 6) is -0.567. The van der Waals surface area contributed by atoms with Crippen LogP contribution in [0.2, 0.25) is 0 Å². The molecular formula is C27H34F2N2. The van der Waals surface area contributed by atoms with Gasteiger partial charge in [-0.2, -0.15) is 0 Å². The number of aryl methyl sites for hydroxylation is 1. The number of benzene rings is 1. The molecule has 0 aliphatic rings. The minimum Gasteiger partial charge on any atom is -0.257 e. The van der Waals surface area contributed by atoms with Crippen LogP contribution in [0.4, 0.5) is 8.78 Å². The molecule has 166 valence electrons. The van der Waals surface area contributed by atoms with Crippen molar-refractivity contribution in [1.82, 2.24) is 9.97 Å². The van der Waals surface area contributed by atoms with Gasteiger partial charge in [0.2, 0.25) is 0 Å². The summed E-state index contributed by atoms with van der Waals surface area (Å²) in [4.78, 5) is 9.38. The number of aromatic nitrogens is 2. The molecule has 4 heteroatoms. The van der Waals surface area contributed by atoms with Crippen molar-refractivity contribution >= 4 is 6.08 Å². The minimum absolute atomic E-state index is 0.213. The maximum Gasteiger partial charge on any atom is 0.131 e. The largest absolute Gasteiger partial charge is 0.257 e.